The van der Waals surface area contributed by atoms with Crippen molar-refractivity contribution in [2.24, 2.45) is 0 Å². The maximum Gasteiger partial charge on any atom is 0.128 e. The van der Waals surface area contributed by atoms with E-state index < -0.39 is 5.54 Å². The van der Waals surface area contributed by atoms with E-state index >= 15 is 0 Å². The number of hydrogen-bond acceptors (Lipinski definition) is 3. The number of nitrogens with one attached hydrogen (secondary N) is 1. The van der Waals surface area contributed by atoms with E-state index in [1.165, 1.54) is 6.07 Å². The van der Waals surface area contributed by atoms with Crippen molar-refractivity contribution in [3.63, 3.8) is 0 Å². The summed E-state index contributed by atoms with van der Waals surface area (Å²) >= 11 is 8.27. The molecule has 1 aromatic rings. The molecule has 1 aliphatic rings. The van der Waals surface area contributed by atoms with Gasteiger partial charge in [-0.3, -0.25) is 5.32 Å². The lowest BCUT2D eigenvalue weighted by atomic mass is 9.90. The zero-order chi connectivity index (χ0) is 12.5. The lowest BCUT2D eigenvalue weighted by Crippen LogP contribution is -2.56. The van der Waals surface area contributed by atoms with Crippen molar-refractivity contribution in [1.82, 2.24) is 5.32 Å². The summed E-state index contributed by atoms with van der Waals surface area (Å²) in [6.45, 7) is 2.89. The highest BCUT2D eigenvalue weighted by Crippen LogP contribution is 2.29. The molecule has 1 saturated heterocycles. The monoisotopic (exact) mass is 317 g/mol. The Morgan fingerprint density at radius 2 is 2.41 bits per heavy atom. The lowest BCUT2D eigenvalue weighted by molar-refractivity contribution is 0.0202. The topological polar surface area (TPSA) is 21.3 Å². The van der Waals surface area contributed by atoms with E-state index in [9.17, 15) is 4.39 Å². The molecular weight excluding hydrogens is 305 g/mol. The van der Waals surface area contributed by atoms with E-state index in [-0.39, 0.29) is 11.9 Å². The highest BCUT2D eigenvalue weighted by Gasteiger charge is 2.35. The Hall–Kier alpha value is -0.360. The second kappa shape index (κ2) is 5.10. The molecule has 0 aromatic heterocycles. The normalized spacial score (nSPS) is 29.0. The molecule has 0 spiro atoms. The van der Waals surface area contributed by atoms with Gasteiger partial charge in [0.05, 0.1) is 24.8 Å². The number of hydrogen-bond donors (Lipinski definition) is 1. The Kier molecular flexibility index (Phi) is 3.92. The predicted molar refractivity (Wildman–Crippen MR) is 72.8 cm³/mol. The van der Waals surface area contributed by atoms with Crippen molar-refractivity contribution in [2.45, 2.75) is 18.5 Å². The van der Waals surface area contributed by atoms with Crippen LogP contribution in [-0.2, 0) is 10.3 Å². The Morgan fingerprint density at radius 3 is 3.12 bits per heavy atom. The van der Waals surface area contributed by atoms with Crippen LogP contribution in [-0.4, -0.2) is 24.6 Å². The van der Waals surface area contributed by atoms with Gasteiger partial charge in [0.2, 0.25) is 0 Å². The summed E-state index contributed by atoms with van der Waals surface area (Å²) in [6, 6.07) is 4.88. The van der Waals surface area contributed by atoms with E-state index in [1.807, 2.05) is 6.92 Å². The smallest absolute Gasteiger partial charge is 0.128 e. The quantitative estimate of drug-likeness (QED) is 0.848. The number of benzene rings is 1. The molecule has 5 heteroatoms. The van der Waals surface area contributed by atoms with Gasteiger partial charge in [-0.25, -0.2) is 4.39 Å². The summed E-state index contributed by atoms with van der Waals surface area (Å²) in [5.74, 6) is -0.239. The molecule has 2 atom stereocenters. The fraction of sp³-hybridized carbons (Fsp3) is 0.417. The molecule has 0 saturated carbocycles. The molecule has 1 heterocycles. The molecule has 0 bridgehead atoms. The maximum atomic E-state index is 13.9. The lowest BCUT2D eigenvalue weighted by Gasteiger charge is -2.39. The van der Waals surface area contributed by atoms with Crippen LogP contribution in [0, 0.1) is 5.82 Å². The zero-order valence-electron chi connectivity index (χ0n) is 9.37. The molecule has 92 valence electrons. The number of morpholine rings is 1. The molecule has 0 amide bonds. The van der Waals surface area contributed by atoms with E-state index in [4.69, 9.17) is 17.0 Å². The van der Waals surface area contributed by atoms with Gasteiger partial charge in [-0.1, -0.05) is 28.1 Å². The van der Waals surface area contributed by atoms with Crippen LogP contribution >= 0.6 is 28.1 Å². The number of ether oxygens (including phenoxy) is 1. The first-order valence-corrected chi connectivity index (χ1v) is 6.58. The third-order valence-corrected chi connectivity index (χ3v) is 3.70. The first-order valence-electron chi connectivity index (χ1n) is 5.31. The SMILES string of the molecule is C[C@@]1(c2cc(Br)ccc2F)COCC(C=S)N1. The molecule has 2 rings (SSSR count). The first-order chi connectivity index (χ1) is 8.05. The highest BCUT2D eigenvalue weighted by molar-refractivity contribution is 9.10. The van der Waals surface area contributed by atoms with Crippen LogP contribution in [0.4, 0.5) is 4.39 Å². The Bertz CT molecular complexity index is 443. The maximum absolute atomic E-state index is 13.9. The Balaban J connectivity index is 2.36. The van der Waals surface area contributed by atoms with Gasteiger partial charge in [0, 0.05) is 10.0 Å². The van der Waals surface area contributed by atoms with Gasteiger partial charge in [-0.05, 0) is 30.5 Å². The Labute approximate surface area is 114 Å². The van der Waals surface area contributed by atoms with Crippen LogP contribution in [0.3, 0.4) is 0 Å². The van der Waals surface area contributed by atoms with Gasteiger partial charge in [0.1, 0.15) is 5.82 Å². The molecule has 1 aromatic carbocycles. The number of halogens is 2. The van der Waals surface area contributed by atoms with Crippen LogP contribution in [0.25, 0.3) is 0 Å². The van der Waals surface area contributed by atoms with Crippen molar-refractivity contribution < 1.29 is 9.13 Å². The van der Waals surface area contributed by atoms with Gasteiger partial charge in [-0.15, -0.1) is 0 Å². The van der Waals surface area contributed by atoms with Gasteiger partial charge in [-0.2, -0.15) is 0 Å². The molecule has 1 fully saturated rings. The number of rotatable bonds is 2. The molecule has 1 aliphatic heterocycles. The van der Waals surface area contributed by atoms with Gasteiger partial charge in [0.25, 0.3) is 0 Å². The molecule has 1 unspecified atom stereocenters. The van der Waals surface area contributed by atoms with Crippen LogP contribution in [0.2, 0.25) is 0 Å². The third-order valence-electron chi connectivity index (χ3n) is 2.88. The summed E-state index contributed by atoms with van der Waals surface area (Å²) in [5.41, 5.74) is 0.0416. The van der Waals surface area contributed by atoms with Crippen molar-refractivity contribution >= 4 is 33.5 Å². The van der Waals surface area contributed by atoms with Gasteiger partial charge in [0.15, 0.2) is 0 Å². The first kappa shape index (κ1) is 13.1. The van der Waals surface area contributed by atoms with E-state index in [2.05, 4.69) is 21.2 Å². The summed E-state index contributed by atoms with van der Waals surface area (Å²) in [7, 11) is 0. The molecule has 1 N–H and O–H groups in total. The fourth-order valence-electron chi connectivity index (χ4n) is 2.03. The average molecular weight is 318 g/mol. The summed E-state index contributed by atoms with van der Waals surface area (Å²) in [5, 5.41) is 4.94. The molecule has 2 nitrogen and oxygen atoms in total. The minimum atomic E-state index is -0.550. The van der Waals surface area contributed by atoms with Crippen molar-refractivity contribution in [3.05, 3.63) is 34.1 Å². The van der Waals surface area contributed by atoms with Gasteiger partial charge >= 0.3 is 0 Å². The van der Waals surface area contributed by atoms with E-state index in [0.717, 1.165) is 4.47 Å². The van der Waals surface area contributed by atoms with Crippen molar-refractivity contribution in [2.75, 3.05) is 13.2 Å². The third kappa shape index (κ3) is 2.73. The molecule has 0 aliphatic carbocycles. The second-order valence-corrected chi connectivity index (χ2v) is 5.55. The predicted octanol–water partition coefficient (Wildman–Crippen LogP) is 2.79. The number of thiocarbonyl (C=S) groups is 1. The molecular formula is C12H13BrFNOS. The summed E-state index contributed by atoms with van der Waals surface area (Å²) in [4.78, 5) is 0. The van der Waals surface area contributed by atoms with Crippen molar-refractivity contribution in [1.29, 1.82) is 0 Å². The van der Waals surface area contributed by atoms with E-state index in [0.29, 0.717) is 18.8 Å². The minimum absolute atomic E-state index is 0.0258. The summed E-state index contributed by atoms with van der Waals surface area (Å²) in [6.07, 6.45) is 0. The van der Waals surface area contributed by atoms with Crippen LogP contribution in [0.15, 0.2) is 22.7 Å². The molecule has 0 radical (unpaired) electrons. The minimum Gasteiger partial charge on any atom is -0.377 e. The van der Waals surface area contributed by atoms with Crippen LogP contribution in [0.5, 0.6) is 0 Å². The molecule has 17 heavy (non-hydrogen) atoms. The average Bonchev–Trinajstić information content (AvgIpc) is 2.32. The summed E-state index contributed by atoms with van der Waals surface area (Å²) < 4.78 is 20.2. The van der Waals surface area contributed by atoms with E-state index in [1.54, 1.807) is 17.5 Å². The zero-order valence-corrected chi connectivity index (χ0v) is 11.8. The van der Waals surface area contributed by atoms with Crippen LogP contribution < -0.4 is 5.32 Å². The highest BCUT2D eigenvalue weighted by atomic mass is 79.9. The second-order valence-electron chi connectivity index (χ2n) is 4.36. The standard InChI is InChI=1S/C12H13BrFNOS/c1-12(7-16-5-9(6-17)15-12)10-4-8(13)2-3-11(10)14/h2-4,6,9,15H,5,7H2,1H3/t9?,12-/m0/s1. The largest absolute Gasteiger partial charge is 0.377 e. The van der Waals surface area contributed by atoms with Gasteiger partial charge < -0.3 is 4.74 Å². The van der Waals surface area contributed by atoms with Crippen molar-refractivity contribution in [3.8, 4) is 0 Å². The van der Waals surface area contributed by atoms with Crippen LogP contribution in [0.1, 0.15) is 12.5 Å². The Morgan fingerprint density at radius 1 is 1.65 bits per heavy atom. The fourth-order valence-corrected chi connectivity index (χ4v) is 2.54.